The van der Waals surface area contributed by atoms with Crippen molar-refractivity contribution in [3.8, 4) is 11.3 Å². The number of thiazole rings is 1. The summed E-state index contributed by atoms with van der Waals surface area (Å²) in [5.41, 5.74) is 5.11. The Morgan fingerprint density at radius 2 is 2.00 bits per heavy atom. The zero-order valence-corrected chi connectivity index (χ0v) is 17.6. The van der Waals surface area contributed by atoms with Crippen LogP contribution in [0.2, 0.25) is 0 Å². The molecule has 0 aliphatic rings. The fourth-order valence-corrected chi connectivity index (χ4v) is 3.68. The lowest BCUT2D eigenvalue weighted by molar-refractivity contribution is -0.140. The molecule has 0 saturated heterocycles. The van der Waals surface area contributed by atoms with Crippen LogP contribution in [0, 0.1) is 19.7 Å². The van der Waals surface area contributed by atoms with E-state index in [4.69, 9.17) is 4.74 Å². The number of methoxy groups -OCH3 is 1. The maximum Gasteiger partial charge on any atom is 0.307 e. The van der Waals surface area contributed by atoms with Gasteiger partial charge in [-0.05, 0) is 37.6 Å². The van der Waals surface area contributed by atoms with E-state index in [1.807, 2.05) is 19.2 Å². The van der Waals surface area contributed by atoms with Crippen molar-refractivity contribution >= 4 is 34.8 Å². The minimum Gasteiger partial charge on any atom is -0.469 e. The molecule has 0 amide bonds. The largest absolute Gasteiger partial charge is 0.469 e. The highest BCUT2D eigenvalue weighted by molar-refractivity contribution is 7.14. The number of ether oxygens (including phenoxy) is 1. The number of hydrogen-bond donors (Lipinski definition) is 1. The number of hydrogen-bond acceptors (Lipinski definition) is 5. The standard InChI is InChI=1S/C20H22FN3O2S.ClH/c1-13-10-17(14(2)24(13)9-8-19(25)26-3)18-12-27-20(23-18)22-11-15-4-6-16(21)7-5-15;/h4-7,10,12H,8-9,11H2,1-3H3,(H,22,23);1H. The van der Waals surface area contributed by atoms with Gasteiger partial charge in [-0.25, -0.2) is 9.37 Å². The van der Waals surface area contributed by atoms with E-state index in [9.17, 15) is 9.18 Å². The summed E-state index contributed by atoms with van der Waals surface area (Å²) >= 11 is 1.53. The third-order valence-corrected chi connectivity index (χ3v) is 5.28. The van der Waals surface area contributed by atoms with Crippen LogP contribution in [-0.4, -0.2) is 22.6 Å². The molecule has 150 valence electrons. The number of aryl methyl sites for hydroxylation is 1. The average Bonchev–Trinajstić information content (AvgIpc) is 3.24. The van der Waals surface area contributed by atoms with Gasteiger partial charge >= 0.3 is 5.97 Å². The first-order chi connectivity index (χ1) is 13.0. The summed E-state index contributed by atoms with van der Waals surface area (Å²) < 4.78 is 19.8. The maximum absolute atomic E-state index is 13.0. The summed E-state index contributed by atoms with van der Waals surface area (Å²) in [4.78, 5) is 16.1. The Kier molecular flexibility index (Phi) is 7.60. The minimum atomic E-state index is -0.238. The van der Waals surface area contributed by atoms with Crippen LogP contribution < -0.4 is 5.32 Å². The van der Waals surface area contributed by atoms with Crippen LogP contribution in [0.1, 0.15) is 23.4 Å². The van der Waals surface area contributed by atoms with E-state index >= 15 is 0 Å². The van der Waals surface area contributed by atoms with Crippen molar-refractivity contribution in [2.45, 2.75) is 33.4 Å². The monoisotopic (exact) mass is 423 g/mol. The number of rotatable bonds is 7. The van der Waals surface area contributed by atoms with Gasteiger partial charge < -0.3 is 14.6 Å². The Morgan fingerprint density at radius 1 is 1.29 bits per heavy atom. The molecule has 3 aromatic rings. The highest BCUT2D eigenvalue weighted by atomic mass is 35.5. The van der Waals surface area contributed by atoms with E-state index in [2.05, 4.69) is 20.9 Å². The van der Waals surface area contributed by atoms with E-state index in [-0.39, 0.29) is 24.2 Å². The molecule has 0 atom stereocenters. The second-order valence-corrected chi connectivity index (χ2v) is 7.14. The fourth-order valence-electron chi connectivity index (χ4n) is 2.97. The summed E-state index contributed by atoms with van der Waals surface area (Å²) in [5.74, 6) is -0.456. The first-order valence-electron chi connectivity index (χ1n) is 8.65. The third-order valence-electron chi connectivity index (χ3n) is 4.48. The molecule has 0 bridgehead atoms. The van der Waals surface area contributed by atoms with Crippen molar-refractivity contribution in [3.05, 3.63) is 58.5 Å². The van der Waals surface area contributed by atoms with Gasteiger partial charge in [-0.1, -0.05) is 12.1 Å². The predicted octanol–water partition coefficient (Wildman–Crippen LogP) is 4.96. The van der Waals surface area contributed by atoms with Gasteiger partial charge in [-0.15, -0.1) is 23.7 Å². The van der Waals surface area contributed by atoms with Gasteiger partial charge in [-0.3, -0.25) is 4.79 Å². The van der Waals surface area contributed by atoms with E-state index in [0.717, 1.165) is 33.3 Å². The van der Waals surface area contributed by atoms with Crippen LogP contribution in [0.3, 0.4) is 0 Å². The van der Waals surface area contributed by atoms with E-state index in [1.165, 1.54) is 30.6 Å². The number of nitrogens with one attached hydrogen (secondary N) is 1. The lowest BCUT2D eigenvalue weighted by Gasteiger charge is -2.08. The van der Waals surface area contributed by atoms with Gasteiger partial charge in [0.1, 0.15) is 5.82 Å². The number of nitrogens with zero attached hydrogens (tertiary/aromatic N) is 2. The molecule has 0 aliphatic carbocycles. The van der Waals surface area contributed by atoms with Gasteiger partial charge in [0, 0.05) is 35.4 Å². The highest BCUT2D eigenvalue weighted by Gasteiger charge is 2.14. The topological polar surface area (TPSA) is 56.1 Å². The molecule has 1 aromatic carbocycles. The molecule has 28 heavy (non-hydrogen) atoms. The summed E-state index contributed by atoms with van der Waals surface area (Å²) in [6.45, 7) is 5.23. The summed E-state index contributed by atoms with van der Waals surface area (Å²) in [5, 5.41) is 6.10. The van der Waals surface area contributed by atoms with Gasteiger partial charge in [-0.2, -0.15) is 0 Å². The Labute approximate surface area is 174 Å². The van der Waals surface area contributed by atoms with Gasteiger partial charge in [0.2, 0.25) is 0 Å². The quantitative estimate of drug-likeness (QED) is 0.545. The van der Waals surface area contributed by atoms with Crippen LogP contribution >= 0.6 is 23.7 Å². The molecule has 5 nitrogen and oxygen atoms in total. The average molecular weight is 424 g/mol. The lowest BCUT2D eigenvalue weighted by Crippen LogP contribution is -2.09. The first kappa shape index (κ1) is 21.9. The van der Waals surface area contributed by atoms with Crippen LogP contribution in [0.15, 0.2) is 35.7 Å². The number of carbonyl (C=O) groups is 1. The minimum absolute atomic E-state index is 0. The third kappa shape index (κ3) is 5.11. The molecule has 3 rings (SSSR count). The van der Waals surface area contributed by atoms with E-state index in [1.54, 1.807) is 12.1 Å². The number of aromatic nitrogens is 2. The van der Waals surface area contributed by atoms with Crippen molar-refractivity contribution in [2.75, 3.05) is 12.4 Å². The zero-order valence-electron chi connectivity index (χ0n) is 16.0. The normalized spacial score (nSPS) is 10.4. The molecular weight excluding hydrogens is 401 g/mol. The molecule has 0 unspecified atom stereocenters. The molecule has 8 heteroatoms. The molecule has 2 aromatic heterocycles. The smallest absolute Gasteiger partial charge is 0.307 e. The fraction of sp³-hybridized carbons (Fsp3) is 0.300. The summed E-state index contributed by atoms with van der Waals surface area (Å²) in [6, 6.07) is 8.50. The summed E-state index contributed by atoms with van der Waals surface area (Å²) in [6.07, 6.45) is 0.341. The second-order valence-electron chi connectivity index (χ2n) is 6.28. The first-order valence-corrected chi connectivity index (χ1v) is 9.53. The SMILES string of the molecule is COC(=O)CCn1c(C)cc(-c2csc(NCc3ccc(F)cc3)n2)c1C.Cl. The Hall–Kier alpha value is -2.38. The summed E-state index contributed by atoms with van der Waals surface area (Å²) in [7, 11) is 1.40. The van der Waals surface area contributed by atoms with Crippen molar-refractivity contribution < 1.29 is 13.9 Å². The Morgan fingerprint density at radius 3 is 2.68 bits per heavy atom. The van der Waals surface area contributed by atoms with E-state index < -0.39 is 0 Å². The lowest BCUT2D eigenvalue weighted by atomic mass is 10.2. The van der Waals surface area contributed by atoms with Crippen molar-refractivity contribution in [1.82, 2.24) is 9.55 Å². The van der Waals surface area contributed by atoms with Crippen LogP contribution in [0.25, 0.3) is 11.3 Å². The molecule has 0 fully saturated rings. The van der Waals surface area contributed by atoms with Crippen LogP contribution in [-0.2, 0) is 22.6 Å². The van der Waals surface area contributed by atoms with Crippen LogP contribution in [0.5, 0.6) is 0 Å². The van der Waals surface area contributed by atoms with Crippen LogP contribution in [0.4, 0.5) is 9.52 Å². The van der Waals surface area contributed by atoms with Crippen molar-refractivity contribution in [1.29, 1.82) is 0 Å². The molecular formula is C20H23ClFN3O2S. The maximum atomic E-state index is 13.0. The Bertz CT molecular complexity index is 938. The second kappa shape index (κ2) is 9.71. The van der Waals surface area contributed by atoms with Crippen molar-refractivity contribution in [2.24, 2.45) is 0 Å². The van der Waals surface area contributed by atoms with Gasteiger partial charge in [0.25, 0.3) is 0 Å². The molecule has 0 spiro atoms. The molecule has 0 saturated carbocycles. The van der Waals surface area contributed by atoms with Gasteiger partial charge in [0.15, 0.2) is 5.13 Å². The predicted molar refractivity (Wildman–Crippen MR) is 113 cm³/mol. The molecule has 1 N–H and O–H groups in total. The number of halogens is 2. The number of esters is 1. The molecule has 2 heterocycles. The molecule has 0 radical (unpaired) electrons. The highest BCUT2D eigenvalue weighted by Crippen LogP contribution is 2.30. The number of benzene rings is 1. The van der Waals surface area contributed by atoms with Gasteiger partial charge in [0.05, 0.1) is 19.2 Å². The molecule has 0 aliphatic heterocycles. The van der Waals surface area contributed by atoms with E-state index in [0.29, 0.717) is 19.5 Å². The Balaban J connectivity index is 0.00000280. The van der Waals surface area contributed by atoms with Crippen molar-refractivity contribution in [3.63, 3.8) is 0 Å². The zero-order chi connectivity index (χ0) is 19.4. The number of carbonyl (C=O) groups excluding carboxylic acids is 1. The number of anilines is 1.